The van der Waals surface area contributed by atoms with Crippen molar-refractivity contribution in [3.63, 3.8) is 0 Å². The van der Waals surface area contributed by atoms with E-state index in [1.54, 1.807) is 0 Å². The Morgan fingerprint density at radius 1 is 1.36 bits per heavy atom. The zero-order chi connectivity index (χ0) is 10.3. The van der Waals surface area contributed by atoms with Gasteiger partial charge in [0.15, 0.2) is 0 Å². The molecule has 0 aromatic heterocycles. The van der Waals surface area contributed by atoms with Crippen molar-refractivity contribution in [3.05, 3.63) is 34.4 Å². The minimum atomic E-state index is 0.281. The number of hydrogen-bond acceptors (Lipinski definition) is 1. The summed E-state index contributed by atoms with van der Waals surface area (Å²) in [4.78, 5) is 0. The Hall–Kier alpha value is -0.820. The molecule has 0 fully saturated rings. The Morgan fingerprint density at radius 2 is 2.07 bits per heavy atom. The van der Waals surface area contributed by atoms with Gasteiger partial charge in [-0.1, -0.05) is 26.0 Å². The molecule has 0 saturated carbocycles. The van der Waals surface area contributed by atoms with Gasteiger partial charge in [0.2, 0.25) is 0 Å². The zero-order valence-corrected chi connectivity index (χ0v) is 9.30. The van der Waals surface area contributed by atoms with Gasteiger partial charge in [-0.15, -0.1) is 0 Å². The number of aryl methyl sites for hydroxylation is 1. The second-order valence-electron chi connectivity index (χ2n) is 4.66. The Morgan fingerprint density at radius 3 is 2.71 bits per heavy atom. The minimum Gasteiger partial charge on any atom is -0.324 e. The van der Waals surface area contributed by atoms with Crippen molar-refractivity contribution >= 4 is 0 Å². The standard InChI is InChI=1S/C13H19N/c1-8(2)10-5-4-9(3)13-11(10)6-7-12(13)14/h4-5,8,12H,6-7,14H2,1-3H3/t12-/m0/s1. The quantitative estimate of drug-likeness (QED) is 0.722. The summed E-state index contributed by atoms with van der Waals surface area (Å²) in [6.07, 6.45) is 2.30. The number of fused-ring (bicyclic) bond motifs is 1. The molecule has 2 rings (SSSR count). The molecule has 0 radical (unpaired) electrons. The molecular formula is C13H19N. The fraction of sp³-hybridized carbons (Fsp3) is 0.538. The summed E-state index contributed by atoms with van der Waals surface area (Å²) in [6, 6.07) is 4.78. The number of hydrogen-bond donors (Lipinski definition) is 1. The van der Waals surface area contributed by atoms with E-state index in [1.807, 2.05) is 0 Å². The van der Waals surface area contributed by atoms with Crippen molar-refractivity contribution in [2.75, 3.05) is 0 Å². The highest BCUT2D eigenvalue weighted by Crippen LogP contribution is 2.36. The lowest BCUT2D eigenvalue weighted by molar-refractivity contribution is 0.709. The SMILES string of the molecule is Cc1ccc(C(C)C)c2c1[C@@H](N)CC2. The van der Waals surface area contributed by atoms with Crippen LogP contribution in [0.3, 0.4) is 0 Å². The fourth-order valence-electron chi connectivity index (χ4n) is 2.58. The predicted molar refractivity (Wildman–Crippen MR) is 60.5 cm³/mol. The van der Waals surface area contributed by atoms with E-state index in [4.69, 9.17) is 5.73 Å². The largest absolute Gasteiger partial charge is 0.324 e. The van der Waals surface area contributed by atoms with Gasteiger partial charge in [0.1, 0.15) is 0 Å². The van der Waals surface area contributed by atoms with E-state index in [2.05, 4.69) is 32.9 Å². The van der Waals surface area contributed by atoms with Gasteiger partial charge in [0, 0.05) is 6.04 Å². The Balaban J connectivity index is 2.59. The smallest absolute Gasteiger partial charge is 0.0303 e. The third-order valence-corrected chi connectivity index (χ3v) is 3.31. The van der Waals surface area contributed by atoms with Crippen LogP contribution in [0.5, 0.6) is 0 Å². The molecule has 0 aliphatic heterocycles. The van der Waals surface area contributed by atoms with Crippen LogP contribution in [0.2, 0.25) is 0 Å². The highest BCUT2D eigenvalue weighted by molar-refractivity contribution is 5.46. The van der Waals surface area contributed by atoms with Crippen LogP contribution < -0.4 is 5.73 Å². The van der Waals surface area contributed by atoms with Gasteiger partial charge in [-0.3, -0.25) is 0 Å². The summed E-state index contributed by atoms with van der Waals surface area (Å²) in [5.74, 6) is 0.620. The van der Waals surface area contributed by atoms with Crippen LogP contribution in [-0.4, -0.2) is 0 Å². The average Bonchev–Trinajstić information content (AvgIpc) is 2.49. The lowest BCUT2D eigenvalue weighted by atomic mass is 9.91. The van der Waals surface area contributed by atoms with E-state index in [-0.39, 0.29) is 6.04 Å². The molecule has 1 aromatic carbocycles. The van der Waals surface area contributed by atoms with Crippen molar-refractivity contribution in [1.29, 1.82) is 0 Å². The second kappa shape index (κ2) is 3.39. The van der Waals surface area contributed by atoms with E-state index in [0.29, 0.717) is 5.92 Å². The molecule has 1 atom stereocenters. The van der Waals surface area contributed by atoms with Crippen molar-refractivity contribution in [2.24, 2.45) is 5.73 Å². The number of benzene rings is 1. The molecule has 1 heteroatoms. The van der Waals surface area contributed by atoms with Gasteiger partial charge in [0.05, 0.1) is 0 Å². The van der Waals surface area contributed by atoms with Gasteiger partial charge in [-0.05, 0) is 47.9 Å². The van der Waals surface area contributed by atoms with Crippen LogP contribution in [-0.2, 0) is 6.42 Å². The molecule has 0 bridgehead atoms. The van der Waals surface area contributed by atoms with Crippen molar-refractivity contribution in [1.82, 2.24) is 0 Å². The maximum Gasteiger partial charge on any atom is 0.0303 e. The normalized spacial score (nSPS) is 20.2. The monoisotopic (exact) mass is 189 g/mol. The maximum atomic E-state index is 6.12. The topological polar surface area (TPSA) is 26.0 Å². The lowest BCUT2D eigenvalue weighted by Gasteiger charge is -2.15. The third kappa shape index (κ3) is 1.36. The zero-order valence-electron chi connectivity index (χ0n) is 9.30. The summed E-state index contributed by atoms with van der Waals surface area (Å²) in [7, 11) is 0. The Labute approximate surface area is 86.3 Å². The molecule has 0 saturated heterocycles. The highest BCUT2D eigenvalue weighted by Gasteiger charge is 2.24. The van der Waals surface area contributed by atoms with Crippen LogP contribution in [0.4, 0.5) is 0 Å². The molecule has 1 nitrogen and oxygen atoms in total. The lowest BCUT2D eigenvalue weighted by Crippen LogP contribution is -2.07. The van der Waals surface area contributed by atoms with E-state index >= 15 is 0 Å². The molecule has 0 spiro atoms. The number of nitrogens with two attached hydrogens (primary N) is 1. The summed E-state index contributed by atoms with van der Waals surface area (Å²) < 4.78 is 0. The van der Waals surface area contributed by atoms with Crippen molar-refractivity contribution in [2.45, 2.75) is 45.6 Å². The first-order chi connectivity index (χ1) is 6.61. The molecule has 1 aromatic rings. The first-order valence-corrected chi connectivity index (χ1v) is 5.49. The summed E-state index contributed by atoms with van der Waals surface area (Å²) in [5.41, 5.74) is 11.9. The molecule has 1 aliphatic rings. The van der Waals surface area contributed by atoms with Crippen LogP contribution >= 0.6 is 0 Å². The first-order valence-electron chi connectivity index (χ1n) is 5.49. The van der Waals surface area contributed by atoms with E-state index in [0.717, 1.165) is 6.42 Å². The van der Waals surface area contributed by atoms with Crippen LogP contribution in [0, 0.1) is 6.92 Å². The van der Waals surface area contributed by atoms with E-state index in [9.17, 15) is 0 Å². The molecular weight excluding hydrogens is 170 g/mol. The van der Waals surface area contributed by atoms with Gasteiger partial charge in [0.25, 0.3) is 0 Å². The second-order valence-corrected chi connectivity index (χ2v) is 4.66. The van der Waals surface area contributed by atoms with Crippen LogP contribution in [0.25, 0.3) is 0 Å². The summed E-state index contributed by atoms with van der Waals surface area (Å²) in [5, 5.41) is 0. The number of rotatable bonds is 1. The molecule has 14 heavy (non-hydrogen) atoms. The average molecular weight is 189 g/mol. The summed E-state index contributed by atoms with van der Waals surface area (Å²) >= 11 is 0. The van der Waals surface area contributed by atoms with Gasteiger partial charge in [-0.2, -0.15) is 0 Å². The van der Waals surface area contributed by atoms with Crippen LogP contribution in [0.15, 0.2) is 12.1 Å². The van der Waals surface area contributed by atoms with Crippen LogP contribution in [0.1, 0.15) is 54.5 Å². The molecule has 2 N–H and O–H groups in total. The molecule has 0 heterocycles. The van der Waals surface area contributed by atoms with Gasteiger partial charge >= 0.3 is 0 Å². The van der Waals surface area contributed by atoms with Crippen molar-refractivity contribution in [3.8, 4) is 0 Å². The maximum absolute atomic E-state index is 6.12. The van der Waals surface area contributed by atoms with Gasteiger partial charge in [-0.25, -0.2) is 0 Å². The molecule has 0 amide bonds. The molecule has 76 valence electrons. The first kappa shape index (κ1) is 9.72. The van der Waals surface area contributed by atoms with Gasteiger partial charge < -0.3 is 5.73 Å². The molecule has 1 aliphatic carbocycles. The van der Waals surface area contributed by atoms with Crippen molar-refractivity contribution < 1.29 is 0 Å². The predicted octanol–water partition coefficient (Wildman–Crippen LogP) is 3.06. The van der Waals surface area contributed by atoms with E-state index in [1.165, 1.54) is 28.7 Å². The molecule has 0 unspecified atom stereocenters. The Kier molecular flexibility index (Phi) is 2.36. The highest BCUT2D eigenvalue weighted by atomic mass is 14.6. The fourth-order valence-corrected chi connectivity index (χ4v) is 2.58. The third-order valence-electron chi connectivity index (χ3n) is 3.31. The van der Waals surface area contributed by atoms with E-state index < -0.39 is 0 Å². The Bertz CT molecular complexity index is 352. The summed E-state index contributed by atoms with van der Waals surface area (Å²) in [6.45, 7) is 6.69. The minimum absolute atomic E-state index is 0.281.